The van der Waals surface area contributed by atoms with Crippen molar-refractivity contribution in [2.24, 2.45) is 0 Å². The number of nitrogens with zero attached hydrogens (tertiary/aromatic N) is 1. The van der Waals surface area contributed by atoms with Crippen LogP contribution in [0, 0.1) is 0 Å². The third-order valence-electron chi connectivity index (χ3n) is 3.17. The molecule has 1 aliphatic heterocycles. The van der Waals surface area contributed by atoms with Gasteiger partial charge in [-0.2, -0.15) is 0 Å². The van der Waals surface area contributed by atoms with E-state index < -0.39 is 0 Å². The minimum absolute atomic E-state index is 1.09. The van der Waals surface area contributed by atoms with Crippen molar-refractivity contribution in [2.45, 2.75) is 26.7 Å². The average molecular weight is 204 g/mol. The molecule has 1 aromatic rings. The van der Waals surface area contributed by atoms with Crippen LogP contribution in [0.15, 0.2) is 18.2 Å². The lowest BCUT2D eigenvalue weighted by Gasteiger charge is -2.28. The van der Waals surface area contributed by atoms with Gasteiger partial charge in [0.15, 0.2) is 0 Å². The van der Waals surface area contributed by atoms with Crippen LogP contribution in [-0.2, 0) is 6.42 Å². The predicted octanol–water partition coefficient (Wildman–Crippen LogP) is 2.89. The van der Waals surface area contributed by atoms with E-state index in [1.807, 2.05) is 0 Å². The number of rotatable bonds is 3. The Morgan fingerprint density at radius 3 is 2.80 bits per heavy atom. The van der Waals surface area contributed by atoms with E-state index >= 15 is 0 Å². The third kappa shape index (κ3) is 1.94. The molecule has 0 aliphatic carbocycles. The molecule has 2 nitrogen and oxygen atoms in total. The fourth-order valence-electron chi connectivity index (χ4n) is 2.35. The molecule has 0 aromatic heterocycles. The zero-order chi connectivity index (χ0) is 10.7. The molecule has 0 unspecified atom stereocenters. The van der Waals surface area contributed by atoms with Crippen molar-refractivity contribution in [2.75, 3.05) is 29.9 Å². The molecule has 0 saturated heterocycles. The number of hydrogen-bond donors (Lipinski definition) is 1. The number of nitrogens with one attached hydrogen (secondary N) is 1. The van der Waals surface area contributed by atoms with Crippen LogP contribution in [0.4, 0.5) is 11.4 Å². The first-order valence-electron chi connectivity index (χ1n) is 5.97. The highest BCUT2D eigenvalue weighted by atomic mass is 15.1. The third-order valence-corrected chi connectivity index (χ3v) is 3.17. The van der Waals surface area contributed by atoms with Gasteiger partial charge in [-0.3, -0.25) is 0 Å². The fourth-order valence-corrected chi connectivity index (χ4v) is 2.35. The summed E-state index contributed by atoms with van der Waals surface area (Å²) in [5.41, 5.74) is 4.27. The SMILES string of the molecule is CCN(CC)c1cccc2c1CCCN2. The second-order valence-corrected chi connectivity index (χ2v) is 4.01. The number of benzene rings is 1. The van der Waals surface area contributed by atoms with Crippen LogP contribution in [0.5, 0.6) is 0 Å². The fraction of sp³-hybridized carbons (Fsp3) is 0.538. The number of hydrogen-bond acceptors (Lipinski definition) is 2. The molecule has 0 bridgehead atoms. The largest absolute Gasteiger partial charge is 0.385 e. The molecule has 2 heteroatoms. The van der Waals surface area contributed by atoms with Gasteiger partial charge in [0.1, 0.15) is 0 Å². The normalized spacial score (nSPS) is 14.3. The maximum absolute atomic E-state index is 3.48. The lowest BCUT2D eigenvalue weighted by atomic mass is 10.0. The first-order valence-corrected chi connectivity index (χ1v) is 5.97. The topological polar surface area (TPSA) is 15.3 Å². The summed E-state index contributed by atoms with van der Waals surface area (Å²) in [6, 6.07) is 6.60. The lowest BCUT2D eigenvalue weighted by Crippen LogP contribution is -2.25. The Bertz CT molecular complexity index is 329. The minimum atomic E-state index is 1.09. The van der Waals surface area contributed by atoms with Gasteiger partial charge in [-0.1, -0.05) is 6.07 Å². The van der Waals surface area contributed by atoms with Crippen LogP contribution in [-0.4, -0.2) is 19.6 Å². The van der Waals surface area contributed by atoms with Gasteiger partial charge in [-0.05, 0) is 44.4 Å². The summed E-state index contributed by atoms with van der Waals surface area (Å²) < 4.78 is 0. The molecule has 0 fully saturated rings. The van der Waals surface area contributed by atoms with Gasteiger partial charge in [0.25, 0.3) is 0 Å². The monoisotopic (exact) mass is 204 g/mol. The molecule has 0 amide bonds. The molecular weight excluding hydrogens is 184 g/mol. The van der Waals surface area contributed by atoms with Gasteiger partial charge in [0, 0.05) is 31.0 Å². The molecule has 82 valence electrons. The van der Waals surface area contributed by atoms with Crippen molar-refractivity contribution in [3.05, 3.63) is 23.8 Å². The molecular formula is C13H20N2. The molecule has 0 saturated carbocycles. The Kier molecular flexibility index (Phi) is 3.14. The summed E-state index contributed by atoms with van der Waals surface area (Å²) in [7, 11) is 0. The first-order chi connectivity index (χ1) is 7.36. The molecule has 1 aliphatic rings. The number of fused-ring (bicyclic) bond motifs is 1. The van der Waals surface area contributed by atoms with Gasteiger partial charge < -0.3 is 10.2 Å². The van der Waals surface area contributed by atoms with Crippen molar-refractivity contribution >= 4 is 11.4 Å². The summed E-state index contributed by atoms with van der Waals surface area (Å²) in [6.45, 7) is 7.74. The van der Waals surface area contributed by atoms with E-state index in [-0.39, 0.29) is 0 Å². The summed E-state index contributed by atoms with van der Waals surface area (Å²) >= 11 is 0. The molecule has 0 atom stereocenters. The average Bonchev–Trinajstić information content (AvgIpc) is 2.31. The molecule has 1 N–H and O–H groups in total. The summed E-state index contributed by atoms with van der Waals surface area (Å²) in [5, 5.41) is 3.48. The summed E-state index contributed by atoms with van der Waals surface area (Å²) in [5.74, 6) is 0. The summed E-state index contributed by atoms with van der Waals surface area (Å²) in [6.07, 6.45) is 2.47. The Balaban J connectivity index is 2.38. The molecule has 2 rings (SSSR count). The van der Waals surface area contributed by atoms with Crippen LogP contribution >= 0.6 is 0 Å². The Morgan fingerprint density at radius 1 is 1.27 bits per heavy atom. The Morgan fingerprint density at radius 2 is 2.07 bits per heavy atom. The highest BCUT2D eigenvalue weighted by molar-refractivity contribution is 5.67. The van der Waals surface area contributed by atoms with Gasteiger partial charge in [0.2, 0.25) is 0 Å². The second kappa shape index (κ2) is 4.56. The smallest absolute Gasteiger partial charge is 0.0419 e. The minimum Gasteiger partial charge on any atom is -0.385 e. The van der Waals surface area contributed by atoms with E-state index in [1.54, 1.807) is 0 Å². The van der Waals surface area contributed by atoms with E-state index in [4.69, 9.17) is 0 Å². The highest BCUT2D eigenvalue weighted by Gasteiger charge is 2.14. The summed E-state index contributed by atoms with van der Waals surface area (Å²) in [4.78, 5) is 2.44. The van der Waals surface area contributed by atoms with Gasteiger partial charge in [-0.15, -0.1) is 0 Å². The second-order valence-electron chi connectivity index (χ2n) is 4.01. The van der Waals surface area contributed by atoms with Gasteiger partial charge in [-0.25, -0.2) is 0 Å². The van der Waals surface area contributed by atoms with E-state index in [2.05, 4.69) is 42.3 Å². The van der Waals surface area contributed by atoms with Crippen molar-refractivity contribution in [3.63, 3.8) is 0 Å². The first kappa shape index (κ1) is 10.3. The molecule has 0 radical (unpaired) electrons. The van der Waals surface area contributed by atoms with Gasteiger partial charge in [0.05, 0.1) is 0 Å². The van der Waals surface area contributed by atoms with Crippen molar-refractivity contribution in [1.29, 1.82) is 0 Å². The Labute approximate surface area is 92.3 Å². The van der Waals surface area contributed by atoms with E-state index in [0.717, 1.165) is 19.6 Å². The van der Waals surface area contributed by atoms with E-state index in [1.165, 1.54) is 29.8 Å². The van der Waals surface area contributed by atoms with Crippen LogP contribution < -0.4 is 10.2 Å². The van der Waals surface area contributed by atoms with E-state index in [9.17, 15) is 0 Å². The quantitative estimate of drug-likeness (QED) is 0.814. The predicted molar refractivity (Wildman–Crippen MR) is 66.8 cm³/mol. The van der Waals surface area contributed by atoms with Crippen LogP contribution in [0.3, 0.4) is 0 Å². The van der Waals surface area contributed by atoms with Crippen molar-refractivity contribution in [1.82, 2.24) is 0 Å². The molecule has 1 heterocycles. The number of anilines is 2. The van der Waals surface area contributed by atoms with Crippen LogP contribution in [0.1, 0.15) is 25.8 Å². The highest BCUT2D eigenvalue weighted by Crippen LogP contribution is 2.31. The zero-order valence-corrected chi connectivity index (χ0v) is 9.71. The maximum atomic E-state index is 3.48. The molecule has 15 heavy (non-hydrogen) atoms. The van der Waals surface area contributed by atoms with Crippen molar-refractivity contribution in [3.8, 4) is 0 Å². The van der Waals surface area contributed by atoms with Gasteiger partial charge >= 0.3 is 0 Å². The van der Waals surface area contributed by atoms with E-state index in [0.29, 0.717) is 0 Å². The Hall–Kier alpha value is -1.18. The standard InChI is InChI=1S/C13H20N2/c1-3-15(4-2)13-9-5-8-12-11(13)7-6-10-14-12/h5,8-9,14H,3-4,6-7,10H2,1-2H3. The lowest BCUT2D eigenvalue weighted by molar-refractivity contribution is 0.804. The maximum Gasteiger partial charge on any atom is 0.0419 e. The molecule has 0 spiro atoms. The van der Waals surface area contributed by atoms with Crippen LogP contribution in [0.2, 0.25) is 0 Å². The van der Waals surface area contributed by atoms with Crippen molar-refractivity contribution < 1.29 is 0 Å². The zero-order valence-electron chi connectivity index (χ0n) is 9.71. The van der Waals surface area contributed by atoms with Crippen LogP contribution in [0.25, 0.3) is 0 Å². The molecule has 1 aromatic carbocycles.